The summed E-state index contributed by atoms with van der Waals surface area (Å²) in [5.41, 5.74) is -0.892. The fourth-order valence-corrected chi connectivity index (χ4v) is 5.10. The second-order valence-corrected chi connectivity index (χ2v) is 8.90. The first-order chi connectivity index (χ1) is 8.81. The molecule has 0 aliphatic heterocycles. The summed E-state index contributed by atoms with van der Waals surface area (Å²) in [6, 6.07) is 3.40. The van der Waals surface area contributed by atoms with E-state index >= 15 is 0 Å². The molecule has 1 heterocycles. The Labute approximate surface area is 118 Å². The SMILES string of the molecule is Cc1ccc(S(=O)(=O)NCC2(O)CCCC(C)C2)s1. The van der Waals surface area contributed by atoms with E-state index in [1.54, 1.807) is 12.1 Å². The minimum atomic E-state index is -3.49. The summed E-state index contributed by atoms with van der Waals surface area (Å²) in [7, 11) is -3.49. The van der Waals surface area contributed by atoms with Crippen molar-refractivity contribution >= 4 is 21.4 Å². The van der Waals surface area contributed by atoms with Crippen LogP contribution in [0.1, 0.15) is 37.5 Å². The molecule has 1 aromatic rings. The normalized spacial score (nSPS) is 28.5. The van der Waals surface area contributed by atoms with E-state index in [-0.39, 0.29) is 6.54 Å². The summed E-state index contributed by atoms with van der Waals surface area (Å²) >= 11 is 1.25. The average Bonchev–Trinajstić information content (AvgIpc) is 2.74. The van der Waals surface area contributed by atoms with Crippen LogP contribution >= 0.6 is 11.3 Å². The second-order valence-electron chi connectivity index (χ2n) is 5.62. The molecule has 1 aliphatic rings. The zero-order valence-electron chi connectivity index (χ0n) is 11.3. The molecule has 1 fully saturated rings. The molecule has 19 heavy (non-hydrogen) atoms. The Morgan fingerprint density at radius 2 is 2.26 bits per heavy atom. The maximum atomic E-state index is 12.1. The minimum absolute atomic E-state index is 0.108. The summed E-state index contributed by atoms with van der Waals surface area (Å²) < 4.78 is 27.1. The number of hydrogen-bond donors (Lipinski definition) is 2. The number of nitrogens with one attached hydrogen (secondary N) is 1. The summed E-state index contributed by atoms with van der Waals surface area (Å²) in [5, 5.41) is 10.4. The van der Waals surface area contributed by atoms with E-state index in [0.717, 1.165) is 17.7 Å². The van der Waals surface area contributed by atoms with Crippen molar-refractivity contribution in [2.45, 2.75) is 49.3 Å². The number of sulfonamides is 1. The number of thiophene rings is 1. The van der Waals surface area contributed by atoms with Crippen molar-refractivity contribution in [1.82, 2.24) is 4.72 Å². The first-order valence-electron chi connectivity index (χ1n) is 6.59. The summed E-state index contributed by atoms with van der Waals surface area (Å²) in [5.74, 6) is 0.451. The first kappa shape index (κ1) is 15.0. The van der Waals surface area contributed by atoms with E-state index in [1.807, 2.05) is 6.92 Å². The van der Waals surface area contributed by atoms with E-state index in [0.29, 0.717) is 23.0 Å². The lowest BCUT2D eigenvalue weighted by molar-refractivity contribution is -0.00750. The van der Waals surface area contributed by atoms with E-state index in [9.17, 15) is 13.5 Å². The van der Waals surface area contributed by atoms with Gasteiger partial charge in [-0.3, -0.25) is 0 Å². The average molecular weight is 303 g/mol. The molecule has 2 unspecified atom stereocenters. The molecular formula is C13H21NO3S2. The largest absolute Gasteiger partial charge is 0.389 e. The molecule has 1 aromatic heterocycles. The standard InChI is InChI=1S/C13H21NO3S2/c1-10-4-3-7-13(15,8-10)9-14-19(16,17)12-6-5-11(2)18-12/h5-6,10,14-15H,3-4,7-9H2,1-2H3. The van der Waals surface area contributed by atoms with Gasteiger partial charge in [-0.25, -0.2) is 13.1 Å². The molecule has 0 amide bonds. The van der Waals surface area contributed by atoms with Gasteiger partial charge in [0.15, 0.2) is 0 Å². The Hall–Kier alpha value is -0.430. The van der Waals surface area contributed by atoms with Crippen LogP contribution in [0.2, 0.25) is 0 Å². The van der Waals surface area contributed by atoms with E-state index in [4.69, 9.17) is 0 Å². The number of rotatable bonds is 4. The van der Waals surface area contributed by atoms with Gasteiger partial charge >= 0.3 is 0 Å². The zero-order valence-corrected chi connectivity index (χ0v) is 13.0. The van der Waals surface area contributed by atoms with Crippen molar-refractivity contribution < 1.29 is 13.5 Å². The molecule has 0 bridgehead atoms. The van der Waals surface area contributed by atoms with Gasteiger partial charge in [0, 0.05) is 11.4 Å². The number of aliphatic hydroxyl groups is 1. The lowest BCUT2D eigenvalue weighted by atomic mass is 9.79. The molecular weight excluding hydrogens is 282 g/mol. The lowest BCUT2D eigenvalue weighted by Gasteiger charge is -2.35. The van der Waals surface area contributed by atoms with Crippen LogP contribution in [0, 0.1) is 12.8 Å². The van der Waals surface area contributed by atoms with Crippen molar-refractivity contribution in [3.63, 3.8) is 0 Å². The number of hydrogen-bond acceptors (Lipinski definition) is 4. The predicted octanol–water partition coefficient (Wildman–Crippen LogP) is 2.28. The summed E-state index contributed by atoms with van der Waals surface area (Å²) in [6.07, 6.45) is 3.40. The molecule has 108 valence electrons. The van der Waals surface area contributed by atoms with Crippen LogP contribution in [0.25, 0.3) is 0 Å². The Kier molecular flexibility index (Phi) is 4.35. The maximum absolute atomic E-state index is 12.1. The summed E-state index contributed by atoms with van der Waals surface area (Å²) in [4.78, 5) is 0.963. The van der Waals surface area contributed by atoms with Gasteiger partial charge in [-0.15, -0.1) is 11.3 Å². The lowest BCUT2D eigenvalue weighted by Crippen LogP contribution is -2.45. The highest BCUT2D eigenvalue weighted by atomic mass is 32.2. The van der Waals surface area contributed by atoms with E-state index in [2.05, 4.69) is 11.6 Å². The van der Waals surface area contributed by atoms with Gasteiger partial charge in [0.05, 0.1) is 5.60 Å². The highest BCUT2D eigenvalue weighted by Gasteiger charge is 2.34. The topological polar surface area (TPSA) is 66.4 Å². The van der Waals surface area contributed by atoms with Crippen LogP contribution in [-0.2, 0) is 10.0 Å². The van der Waals surface area contributed by atoms with Crippen molar-refractivity contribution in [2.75, 3.05) is 6.54 Å². The maximum Gasteiger partial charge on any atom is 0.250 e. The molecule has 0 aromatic carbocycles. The Balaban J connectivity index is 2.01. The predicted molar refractivity (Wildman–Crippen MR) is 76.8 cm³/mol. The summed E-state index contributed by atoms with van der Waals surface area (Å²) in [6.45, 7) is 4.08. The van der Waals surface area contributed by atoms with Crippen LogP contribution in [0.3, 0.4) is 0 Å². The van der Waals surface area contributed by atoms with Crippen LogP contribution < -0.4 is 4.72 Å². The molecule has 2 atom stereocenters. The highest BCUT2D eigenvalue weighted by molar-refractivity contribution is 7.91. The highest BCUT2D eigenvalue weighted by Crippen LogP contribution is 2.32. The molecule has 2 rings (SSSR count). The molecule has 1 saturated carbocycles. The Morgan fingerprint density at radius 3 is 2.84 bits per heavy atom. The van der Waals surface area contributed by atoms with Gasteiger partial charge in [-0.1, -0.05) is 19.8 Å². The third kappa shape index (κ3) is 3.78. The number of aryl methyl sites for hydroxylation is 1. The van der Waals surface area contributed by atoms with Gasteiger partial charge < -0.3 is 5.11 Å². The first-order valence-corrected chi connectivity index (χ1v) is 8.89. The second kappa shape index (κ2) is 5.52. The Bertz CT molecular complexity index is 538. The monoisotopic (exact) mass is 303 g/mol. The van der Waals surface area contributed by atoms with Gasteiger partial charge in [-0.05, 0) is 37.8 Å². The fourth-order valence-electron chi connectivity index (χ4n) is 2.65. The third-order valence-electron chi connectivity index (χ3n) is 3.64. The van der Waals surface area contributed by atoms with E-state index in [1.165, 1.54) is 11.3 Å². The van der Waals surface area contributed by atoms with Gasteiger partial charge in [-0.2, -0.15) is 0 Å². The quantitative estimate of drug-likeness (QED) is 0.897. The van der Waals surface area contributed by atoms with Crippen molar-refractivity contribution in [3.05, 3.63) is 17.0 Å². The zero-order chi connectivity index (χ0) is 14.1. The molecule has 4 nitrogen and oxygen atoms in total. The van der Waals surface area contributed by atoms with Gasteiger partial charge in [0.25, 0.3) is 0 Å². The van der Waals surface area contributed by atoms with Crippen LogP contribution in [-0.4, -0.2) is 25.7 Å². The van der Waals surface area contributed by atoms with Crippen LogP contribution in [0.15, 0.2) is 16.3 Å². The molecule has 2 N–H and O–H groups in total. The molecule has 6 heteroatoms. The minimum Gasteiger partial charge on any atom is -0.389 e. The van der Waals surface area contributed by atoms with Crippen molar-refractivity contribution in [1.29, 1.82) is 0 Å². The molecule has 0 radical (unpaired) electrons. The van der Waals surface area contributed by atoms with Crippen molar-refractivity contribution in [3.8, 4) is 0 Å². The van der Waals surface area contributed by atoms with Crippen molar-refractivity contribution in [2.24, 2.45) is 5.92 Å². The van der Waals surface area contributed by atoms with Crippen LogP contribution in [0.5, 0.6) is 0 Å². The van der Waals surface area contributed by atoms with Gasteiger partial charge in [0.1, 0.15) is 4.21 Å². The van der Waals surface area contributed by atoms with E-state index < -0.39 is 15.6 Å². The molecule has 0 spiro atoms. The molecule has 1 aliphatic carbocycles. The molecule has 0 saturated heterocycles. The third-order valence-corrected chi connectivity index (χ3v) is 6.53. The smallest absolute Gasteiger partial charge is 0.250 e. The fraction of sp³-hybridized carbons (Fsp3) is 0.692. The Morgan fingerprint density at radius 1 is 1.53 bits per heavy atom. The van der Waals surface area contributed by atoms with Crippen LogP contribution in [0.4, 0.5) is 0 Å². The van der Waals surface area contributed by atoms with Gasteiger partial charge in [0.2, 0.25) is 10.0 Å².